The van der Waals surface area contributed by atoms with Gasteiger partial charge in [0.05, 0.1) is 22.5 Å². The quantitative estimate of drug-likeness (QED) is 0.378. The monoisotopic (exact) mass is 425 g/mol. The number of allylic oxidation sites excluding steroid dienone is 1. The van der Waals surface area contributed by atoms with E-state index in [1.165, 1.54) is 29.6 Å². The van der Waals surface area contributed by atoms with Crippen molar-refractivity contribution in [2.75, 3.05) is 39.8 Å². The molecule has 1 aromatic rings. The zero-order chi connectivity index (χ0) is 21.2. The molecule has 2 aliphatic rings. The SMILES string of the molecule is COC(=O)C1=C(C)OC(CN2CCN(S(=O)(=O)c3cccc([N+](=O)[O-])c3)CC2)C1. The summed E-state index contributed by atoms with van der Waals surface area (Å²) < 4.78 is 37.4. The van der Waals surface area contributed by atoms with Crippen LogP contribution in [0.15, 0.2) is 40.5 Å². The highest BCUT2D eigenvalue weighted by atomic mass is 32.2. The largest absolute Gasteiger partial charge is 0.493 e. The third-order valence-electron chi connectivity index (χ3n) is 5.09. The average molecular weight is 425 g/mol. The molecular weight excluding hydrogens is 402 g/mol. The Morgan fingerprint density at radius 2 is 2.00 bits per heavy atom. The van der Waals surface area contributed by atoms with E-state index in [0.29, 0.717) is 37.4 Å². The van der Waals surface area contributed by atoms with Gasteiger partial charge in [0.2, 0.25) is 10.0 Å². The predicted octanol–water partition coefficient (Wildman–Crippen LogP) is 1.14. The molecule has 0 aromatic heterocycles. The highest BCUT2D eigenvalue weighted by molar-refractivity contribution is 7.89. The number of nitro benzene ring substituents is 1. The Balaban J connectivity index is 1.58. The first kappa shape index (κ1) is 21.2. The van der Waals surface area contributed by atoms with Crippen molar-refractivity contribution in [3.8, 4) is 0 Å². The first-order valence-corrected chi connectivity index (χ1v) is 10.6. The Bertz CT molecular complexity index is 937. The van der Waals surface area contributed by atoms with E-state index in [9.17, 15) is 23.3 Å². The molecule has 1 aromatic carbocycles. The van der Waals surface area contributed by atoms with Crippen LogP contribution in [0.2, 0.25) is 0 Å². The molecule has 11 heteroatoms. The average Bonchev–Trinajstić information content (AvgIpc) is 3.08. The van der Waals surface area contributed by atoms with Crippen molar-refractivity contribution in [2.45, 2.75) is 24.3 Å². The van der Waals surface area contributed by atoms with Crippen LogP contribution in [-0.2, 0) is 24.3 Å². The summed E-state index contributed by atoms with van der Waals surface area (Å²) in [4.78, 5) is 24.0. The van der Waals surface area contributed by atoms with Gasteiger partial charge in [-0.3, -0.25) is 15.0 Å². The first-order valence-electron chi connectivity index (χ1n) is 9.14. The first-order chi connectivity index (χ1) is 13.7. The third-order valence-corrected chi connectivity index (χ3v) is 6.99. The highest BCUT2D eigenvalue weighted by Gasteiger charge is 2.33. The molecule has 0 radical (unpaired) electrons. The van der Waals surface area contributed by atoms with Crippen LogP contribution in [0.25, 0.3) is 0 Å². The summed E-state index contributed by atoms with van der Waals surface area (Å²) in [7, 11) is -2.47. The van der Waals surface area contributed by atoms with Crippen molar-refractivity contribution >= 4 is 21.7 Å². The predicted molar refractivity (Wildman–Crippen MR) is 103 cm³/mol. The van der Waals surface area contributed by atoms with Crippen molar-refractivity contribution in [3.63, 3.8) is 0 Å². The Morgan fingerprint density at radius 3 is 2.62 bits per heavy atom. The summed E-state index contributed by atoms with van der Waals surface area (Å²) >= 11 is 0. The zero-order valence-electron chi connectivity index (χ0n) is 16.2. The Hall–Kier alpha value is -2.50. The smallest absolute Gasteiger partial charge is 0.337 e. The molecule has 10 nitrogen and oxygen atoms in total. The second-order valence-electron chi connectivity index (χ2n) is 6.93. The summed E-state index contributed by atoms with van der Waals surface area (Å²) in [5.74, 6) is 0.173. The molecule has 0 saturated carbocycles. The second kappa shape index (κ2) is 8.47. The number of non-ortho nitro benzene ring substituents is 1. The van der Waals surface area contributed by atoms with Crippen LogP contribution >= 0.6 is 0 Å². The number of methoxy groups -OCH3 is 1. The molecule has 2 heterocycles. The van der Waals surface area contributed by atoms with E-state index in [-0.39, 0.29) is 29.8 Å². The fraction of sp³-hybridized carbons (Fsp3) is 0.500. The molecule has 3 rings (SSSR count). The van der Waals surface area contributed by atoms with Gasteiger partial charge in [-0.15, -0.1) is 0 Å². The number of sulfonamides is 1. The molecule has 1 fully saturated rings. The molecule has 0 spiro atoms. The molecule has 158 valence electrons. The maximum atomic E-state index is 12.8. The van der Waals surface area contributed by atoms with Crippen molar-refractivity contribution in [2.24, 2.45) is 0 Å². The fourth-order valence-corrected chi connectivity index (χ4v) is 5.00. The topological polar surface area (TPSA) is 119 Å². The summed E-state index contributed by atoms with van der Waals surface area (Å²) in [6, 6.07) is 5.07. The van der Waals surface area contributed by atoms with Gasteiger partial charge in [0.15, 0.2) is 0 Å². The fourth-order valence-electron chi connectivity index (χ4n) is 3.53. The van der Waals surface area contributed by atoms with Crippen LogP contribution in [0.3, 0.4) is 0 Å². The van der Waals surface area contributed by atoms with Gasteiger partial charge in [-0.25, -0.2) is 13.2 Å². The molecule has 2 aliphatic heterocycles. The molecule has 0 bridgehead atoms. The second-order valence-corrected chi connectivity index (χ2v) is 8.87. The normalized spacial score (nSPS) is 21.1. The van der Waals surface area contributed by atoms with Gasteiger partial charge in [-0.2, -0.15) is 4.31 Å². The third kappa shape index (κ3) is 4.57. The Morgan fingerprint density at radius 1 is 1.31 bits per heavy atom. The van der Waals surface area contributed by atoms with Crippen molar-refractivity contribution in [1.29, 1.82) is 0 Å². The molecular formula is C18H23N3O7S. The number of hydrogen-bond acceptors (Lipinski definition) is 8. The minimum absolute atomic E-state index is 0.0816. The van der Waals surface area contributed by atoms with Gasteiger partial charge in [0.25, 0.3) is 5.69 Å². The van der Waals surface area contributed by atoms with E-state index in [1.54, 1.807) is 6.92 Å². The van der Waals surface area contributed by atoms with Crippen molar-refractivity contribution < 1.29 is 27.6 Å². The molecule has 0 N–H and O–H groups in total. The minimum Gasteiger partial charge on any atom is -0.493 e. The van der Waals surface area contributed by atoms with Crippen LogP contribution < -0.4 is 0 Å². The van der Waals surface area contributed by atoms with E-state index in [0.717, 1.165) is 6.07 Å². The van der Waals surface area contributed by atoms with Crippen LogP contribution in [0.4, 0.5) is 5.69 Å². The number of benzene rings is 1. The number of ether oxygens (including phenoxy) is 2. The summed E-state index contributed by atoms with van der Waals surface area (Å²) in [6.45, 7) is 3.85. The molecule has 1 saturated heterocycles. The Labute approximate surface area is 168 Å². The number of hydrogen-bond donors (Lipinski definition) is 0. The van der Waals surface area contributed by atoms with Gasteiger partial charge in [-0.1, -0.05) is 6.07 Å². The van der Waals surface area contributed by atoms with E-state index >= 15 is 0 Å². The van der Waals surface area contributed by atoms with Gasteiger partial charge < -0.3 is 9.47 Å². The van der Waals surface area contributed by atoms with Crippen LogP contribution in [0.5, 0.6) is 0 Å². The number of nitro groups is 1. The standard InChI is InChI=1S/C18H23N3O7S/c1-13-17(18(22)27-2)11-15(28-13)12-19-6-8-20(9-7-19)29(25,26)16-5-3-4-14(10-16)21(23)24/h3-5,10,15H,6-9,11-12H2,1-2H3. The molecule has 0 aliphatic carbocycles. The Kier molecular flexibility index (Phi) is 6.20. The number of esters is 1. The number of carbonyl (C=O) groups excluding carboxylic acids is 1. The van der Waals surface area contributed by atoms with Gasteiger partial charge in [0, 0.05) is 51.3 Å². The van der Waals surface area contributed by atoms with Gasteiger partial charge >= 0.3 is 5.97 Å². The summed E-state index contributed by atoms with van der Waals surface area (Å²) in [6.07, 6.45) is 0.286. The van der Waals surface area contributed by atoms with Gasteiger partial charge in [-0.05, 0) is 13.0 Å². The lowest BCUT2D eigenvalue weighted by molar-refractivity contribution is -0.385. The molecule has 1 atom stereocenters. The zero-order valence-corrected chi connectivity index (χ0v) is 17.1. The number of nitrogens with zero attached hydrogens (tertiary/aromatic N) is 3. The lowest BCUT2D eigenvalue weighted by Gasteiger charge is -2.35. The van der Waals surface area contributed by atoms with Crippen LogP contribution in [0.1, 0.15) is 13.3 Å². The van der Waals surface area contributed by atoms with Gasteiger partial charge in [0.1, 0.15) is 11.9 Å². The summed E-state index contributed by atoms with van der Waals surface area (Å²) in [5, 5.41) is 10.9. The molecule has 29 heavy (non-hydrogen) atoms. The van der Waals surface area contributed by atoms with Crippen LogP contribution in [0, 0.1) is 10.1 Å². The van der Waals surface area contributed by atoms with E-state index in [2.05, 4.69) is 4.90 Å². The molecule has 0 amide bonds. The minimum atomic E-state index is -3.80. The maximum absolute atomic E-state index is 12.8. The lowest BCUT2D eigenvalue weighted by Crippen LogP contribution is -2.50. The highest BCUT2D eigenvalue weighted by Crippen LogP contribution is 2.27. The van der Waals surface area contributed by atoms with E-state index in [1.807, 2.05) is 0 Å². The molecule has 1 unspecified atom stereocenters. The van der Waals surface area contributed by atoms with E-state index < -0.39 is 20.9 Å². The summed E-state index contributed by atoms with van der Waals surface area (Å²) in [5.41, 5.74) is 0.275. The maximum Gasteiger partial charge on any atom is 0.337 e. The van der Waals surface area contributed by atoms with Crippen molar-refractivity contribution in [1.82, 2.24) is 9.21 Å². The van der Waals surface area contributed by atoms with E-state index in [4.69, 9.17) is 9.47 Å². The number of carbonyl (C=O) groups is 1. The van der Waals surface area contributed by atoms with Crippen LogP contribution in [-0.4, -0.2) is 74.5 Å². The van der Waals surface area contributed by atoms with Crippen molar-refractivity contribution in [3.05, 3.63) is 45.7 Å². The lowest BCUT2D eigenvalue weighted by atomic mass is 10.1. The number of rotatable bonds is 6. The number of piperazine rings is 1.